The van der Waals surface area contributed by atoms with Crippen molar-refractivity contribution in [1.29, 1.82) is 5.26 Å². The van der Waals surface area contributed by atoms with Gasteiger partial charge in [0.15, 0.2) is 5.56 Å². The van der Waals surface area contributed by atoms with Crippen molar-refractivity contribution in [2.45, 2.75) is 48.0 Å². The van der Waals surface area contributed by atoms with Gasteiger partial charge < -0.3 is 10.1 Å². The number of fused-ring (bicyclic) bond motifs is 1. The molecule has 2 rings (SSSR count). The summed E-state index contributed by atoms with van der Waals surface area (Å²) in [6.45, 7) is 12.2. The fourth-order valence-electron chi connectivity index (χ4n) is 1.33. The van der Waals surface area contributed by atoms with Gasteiger partial charge in [-0.2, -0.15) is 5.26 Å². The van der Waals surface area contributed by atoms with E-state index in [-0.39, 0.29) is 11.3 Å². The van der Waals surface area contributed by atoms with E-state index in [4.69, 9.17) is 5.26 Å². The van der Waals surface area contributed by atoms with Crippen molar-refractivity contribution in [1.82, 2.24) is 4.98 Å². The number of hydrogen-bond donors (Lipinski definition) is 2. The summed E-state index contributed by atoms with van der Waals surface area (Å²) in [5.41, 5.74) is -0.290. The monoisotopic (exact) mass is 290 g/mol. The first-order chi connectivity index (χ1) is 10.2. The van der Waals surface area contributed by atoms with Crippen LogP contribution in [0.15, 0.2) is 29.1 Å². The molecule has 2 N–H and O–H groups in total. The molecule has 0 unspecified atom stereocenters. The summed E-state index contributed by atoms with van der Waals surface area (Å²) in [6.07, 6.45) is 1.25. The number of rotatable bonds is 0. The van der Waals surface area contributed by atoms with Crippen molar-refractivity contribution in [3.8, 4) is 11.8 Å². The van der Waals surface area contributed by atoms with E-state index in [1.807, 2.05) is 27.7 Å². The van der Waals surface area contributed by atoms with E-state index in [1.165, 1.54) is 6.42 Å². The zero-order valence-corrected chi connectivity index (χ0v) is 13.8. The Hall–Kier alpha value is -2.28. The minimum absolute atomic E-state index is 0.247. The number of nitriles is 1. The third-order valence-corrected chi connectivity index (χ3v) is 2.01. The molecule has 4 heteroatoms. The molecule has 4 nitrogen and oxygen atoms in total. The standard InChI is InChI=1S/C10H6N2O2.C3H8.2C2H6/c11-5-7-9(13)6-3-1-2-4-8(6)12-10(7)14;1-3-2;2*1-2/h1-4H,(H2,12,13,14);3H2,1-2H3;2*1-2H3. The van der Waals surface area contributed by atoms with Crippen LogP contribution in [-0.2, 0) is 0 Å². The largest absolute Gasteiger partial charge is 0.506 e. The molecule has 0 bridgehead atoms. The Kier molecular flexibility index (Phi) is 12.8. The number of para-hydroxylation sites is 1. The zero-order chi connectivity index (χ0) is 16.8. The molecule has 0 amide bonds. The smallest absolute Gasteiger partial charge is 0.270 e. The van der Waals surface area contributed by atoms with Gasteiger partial charge in [-0.1, -0.05) is 60.1 Å². The maximum atomic E-state index is 11.2. The number of aromatic hydroxyl groups is 1. The molecule has 2 aromatic rings. The lowest BCUT2D eigenvalue weighted by molar-refractivity contribution is 0.478. The molecular formula is C17H26N2O2. The summed E-state index contributed by atoms with van der Waals surface area (Å²) in [6, 6.07) is 8.43. The maximum Gasteiger partial charge on any atom is 0.270 e. The topological polar surface area (TPSA) is 76.9 Å². The Balaban J connectivity index is 0. The summed E-state index contributed by atoms with van der Waals surface area (Å²) in [4.78, 5) is 13.8. The first kappa shape index (κ1) is 21.0. The van der Waals surface area contributed by atoms with E-state index < -0.39 is 5.56 Å². The number of aromatic nitrogens is 1. The molecule has 0 aliphatic carbocycles. The van der Waals surface area contributed by atoms with Crippen LogP contribution in [0, 0.1) is 11.3 Å². The molecule has 1 aromatic heterocycles. The third-order valence-electron chi connectivity index (χ3n) is 2.01. The highest BCUT2D eigenvalue weighted by atomic mass is 16.3. The molecule has 1 aromatic carbocycles. The molecule has 0 aliphatic rings. The lowest BCUT2D eigenvalue weighted by Gasteiger charge is -2.00. The van der Waals surface area contributed by atoms with E-state index in [0.717, 1.165) is 0 Å². The van der Waals surface area contributed by atoms with E-state index in [1.54, 1.807) is 30.3 Å². The Morgan fingerprint density at radius 3 is 2.10 bits per heavy atom. The van der Waals surface area contributed by atoms with Crippen LogP contribution in [0.25, 0.3) is 10.9 Å². The van der Waals surface area contributed by atoms with Gasteiger partial charge in [0.2, 0.25) is 0 Å². The van der Waals surface area contributed by atoms with Gasteiger partial charge in [0, 0.05) is 5.39 Å². The number of nitrogens with zero attached hydrogens (tertiary/aromatic N) is 1. The van der Waals surface area contributed by atoms with Crippen molar-refractivity contribution in [2.24, 2.45) is 0 Å². The molecule has 0 radical (unpaired) electrons. The first-order valence-electron chi connectivity index (χ1n) is 7.39. The lowest BCUT2D eigenvalue weighted by Crippen LogP contribution is -2.09. The molecule has 21 heavy (non-hydrogen) atoms. The van der Waals surface area contributed by atoms with Crippen LogP contribution in [0.5, 0.6) is 5.75 Å². The van der Waals surface area contributed by atoms with Crippen LogP contribution in [0.2, 0.25) is 0 Å². The van der Waals surface area contributed by atoms with Crippen molar-refractivity contribution in [2.75, 3.05) is 0 Å². The van der Waals surface area contributed by atoms with Gasteiger partial charge in [-0.15, -0.1) is 0 Å². The molecule has 0 saturated heterocycles. The van der Waals surface area contributed by atoms with E-state index in [9.17, 15) is 9.90 Å². The van der Waals surface area contributed by atoms with Crippen LogP contribution in [-0.4, -0.2) is 10.1 Å². The molecule has 116 valence electrons. The van der Waals surface area contributed by atoms with E-state index in [2.05, 4.69) is 18.8 Å². The minimum Gasteiger partial charge on any atom is -0.506 e. The van der Waals surface area contributed by atoms with Crippen LogP contribution in [0.4, 0.5) is 0 Å². The minimum atomic E-state index is -0.566. The second-order valence-corrected chi connectivity index (χ2v) is 3.54. The molecule has 0 spiro atoms. The van der Waals surface area contributed by atoms with Crippen molar-refractivity contribution >= 4 is 10.9 Å². The van der Waals surface area contributed by atoms with Crippen LogP contribution in [0.3, 0.4) is 0 Å². The normalized spacial score (nSPS) is 8.05. The molecule has 1 heterocycles. The van der Waals surface area contributed by atoms with Gasteiger partial charge in [0.05, 0.1) is 5.52 Å². The lowest BCUT2D eigenvalue weighted by atomic mass is 10.1. The summed E-state index contributed by atoms with van der Waals surface area (Å²) >= 11 is 0. The summed E-state index contributed by atoms with van der Waals surface area (Å²) in [7, 11) is 0. The summed E-state index contributed by atoms with van der Waals surface area (Å²) in [5, 5.41) is 18.7. The summed E-state index contributed by atoms with van der Waals surface area (Å²) < 4.78 is 0. The molecular weight excluding hydrogens is 264 g/mol. The van der Waals surface area contributed by atoms with Crippen molar-refractivity contribution < 1.29 is 5.11 Å². The number of benzene rings is 1. The molecule has 0 aliphatic heterocycles. The Bertz CT molecular complexity index is 610. The highest BCUT2D eigenvalue weighted by Gasteiger charge is 2.09. The number of nitrogens with one attached hydrogen (secondary N) is 1. The average Bonchev–Trinajstić information content (AvgIpc) is 2.52. The fraction of sp³-hybridized carbons (Fsp3) is 0.412. The van der Waals surface area contributed by atoms with E-state index in [0.29, 0.717) is 10.9 Å². The second kappa shape index (κ2) is 12.7. The van der Waals surface area contributed by atoms with Crippen molar-refractivity contribution in [3.63, 3.8) is 0 Å². The van der Waals surface area contributed by atoms with Gasteiger partial charge in [0.1, 0.15) is 11.8 Å². The number of aromatic amines is 1. The molecule has 0 atom stereocenters. The third kappa shape index (κ3) is 6.13. The molecule has 0 fully saturated rings. The van der Waals surface area contributed by atoms with Crippen molar-refractivity contribution in [3.05, 3.63) is 40.2 Å². The Morgan fingerprint density at radius 1 is 1.14 bits per heavy atom. The predicted molar refractivity (Wildman–Crippen MR) is 89.6 cm³/mol. The van der Waals surface area contributed by atoms with Crippen LogP contribution < -0.4 is 5.56 Å². The second-order valence-electron chi connectivity index (χ2n) is 3.54. The summed E-state index contributed by atoms with van der Waals surface area (Å²) in [5.74, 6) is -0.258. The quantitative estimate of drug-likeness (QED) is 0.745. The van der Waals surface area contributed by atoms with Crippen LogP contribution >= 0.6 is 0 Å². The number of hydrogen-bond acceptors (Lipinski definition) is 3. The fourth-order valence-corrected chi connectivity index (χ4v) is 1.33. The van der Waals surface area contributed by atoms with Crippen LogP contribution in [0.1, 0.15) is 53.5 Å². The highest BCUT2D eigenvalue weighted by Crippen LogP contribution is 2.23. The van der Waals surface area contributed by atoms with Gasteiger partial charge in [0.25, 0.3) is 5.56 Å². The van der Waals surface area contributed by atoms with Gasteiger partial charge in [-0.05, 0) is 12.1 Å². The average molecular weight is 290 g/mol. The van der Waals surface area contributed by atoms with Gasteiger partial charge in [-0.25, -0.2) is 0 Å². The Morgan fingerprint density at radius 2 is 1.62 bits per heavy atom. The number of H-pyrrole nitrogens is 1. The van der Waals surface area contributed by atoms with Gasteiger partial charge in [-0.3, -0.25) is 4.79 Å². The molecule has 0 saturated carbocycles. The first-order valence-corrected chi connectivity index (χ1v) is 7.39. The highest BCUT2D eigenvalue weighted by molar-refractivity contribution is 5.86. The zero-order valence-electron chi connectivity index (χ0n) is 13.8. The number of pyridine rings is 1. The van der Waals surface area contributed by atoms with E-state index >= 15 is 0 Å². The predicted octanol–water partition coefficient (Wildman–Crippen LogP) is 4.57. The van der Waals surface area contributed by atoms with Gasteiger partial charge >= 0.3 is 0 Å². The Labute approximate surface area is 127 Å². The SMILES string of the molecule is CC.CC.CCC.N#Cc1c(O)c2ccccc2[nH]c1=O. The maximum absolute atomic E-state index is 11.2.